The first-order valence-corrected chi connectivity index (χ1v) is 9.11. The first-order chi connectivity index (χ1) is 9.81. The molecule has 0 saturated carbocycles. The molecule has 0 aliphatic heterocycles. The van der Waals surface area contributed by atoms with Crippen LogP contribution in [0.3, 0.4) is 0 Å². The van der Waals surface area contributed by atoms with E-state index in [0.717, 1.165) is 25.7 Å². The Morgan fingerprint density at radius 1 is 1.14 bits per heavy atom. The van der Waals surface area contributed by atoms with Crippen LogP contribution in [0.15, 0.2) is 11.0 Å². The van der Waals surface area contributed by atoms with Gasteiger partial charge in [0.15, 0.2) is 0 Å². The fourth-order valence-corrected chi connectivity index (χ4v) is 4.28. The van der Waals surface area contributed by atoms with Crippen molar-refractivity contribution in [2.45, 2.75) is 44.4 Å². The quantitative estimate of drug-likeness (QED) is 0.703. The van der Waals surface area contributed by atoms with Crippen LogP contribution >= 0.6 is 23.2 Å². The number of sulfonamides is 1. The Balaban J connectivity index is 2.80. The minimum Gasteiger partial charge on any atom is -0.396 e. The Hall–Kier alpha value is -0.330. The van der Waals surface area contributed by atoms with Crippen molar-refractivity contribution in [2.75, 3.05) is 13.2 Å². The molecule has 2 N–H and O–H groups in total. The first-order valence-electron chi connectivity index (χ1n) is 6.87. The third kappa shape index (κ3) is 5.11. The Morgan fingerprint density at radius 2 is 1.76 bits per heavy atom. The molecule has 1 aromatic carbocycles. The van der Waals surface area contributed by atoms with E-state index in [9.17, 15) is 8.42 Å². The average molecular weight is 354 g/mol. The number of rotatable bonds is 8. The van der Waals surface area contributed by atoms with E-state index >= 15 is 0 Å². The molecule has 0 radical (unpaired) electrons. The normalized spacial score (nSPS) is 11.9. The number of aliphatic hydroxyl groups is 1. The maximum absolute atomic E-state index is 12.4. The zero-order valence-electron chi connectivity index (χ0n) is 12.2. The van der Waals surface area contributed by atoms with Gasteiger partial charge in [0.05, 0.1) is 5.02 Å². The molecule has 0 atom stereocenters. The van der Waals surface area contributed by atoms with Gasteiger partial charge in [-0.25, -0.2) is 13.1 Å². The second-order valence-corrected chi connectivity index (χ2v) is 7.47. The zero-order valence-corrected chi connectivity index (χ0v) is 14.6. The predicted molar refractivity (Wildman–Crippen MR) is 86.7 cm³/mol. The van der Waals surface area contributed by atoms with Crippen molar-refractivity contribution in [3.8, 4) is 0 Å². The molecule has 0 fully saturated rings. The molecule has 1 rings (SSSR count). The standard InChI is InChI=1S/C14H21Cl2NO3S/c1-10-9-12(15)11(2)14(13(10)16)21(19,20)17-7-5-3-4-6-8-18/h9,17-18H,3-8H2,1-2H3. The van der Waals surface area contributed by atoms with E-state index in [1.54, 1.807) is 19.9 Å². The largest absolute Gasteiger partial charge is 0.396 e. The Bertz CT molecular complexity index is 562. The number of benzene rings is 1. The summed E-state index contributed by atoms with van der Waals surface area (Å²) in [4.78, 5) is 0.0597. The lowest BCUT2D eigenvalue weighted by atomic mass is 10.2. The number of nitrogens with one attached hydrogen (secondary N) is 1. The molecule has 0 amide bonds. The van der Waals surface area contributed by atoms with Crippen LogP contribution in [0.4, 0.5) is 0 Å². The smallest absolute Gasteiger partial charge is 0.242 e. The monoisotopic (exact) mass is 353 g/mol. The molecule has 0 aliphatic rings. The average Bonchev–Trinajstić information content (AvgIpc) is 2.40. The molecule has 0 spiro atoms. The number of hydrogen-bond acceptors (Lipinski definition) is 3. The summed E-state index contributed by atoms with van der Waals surface area (Å²) in [6.45, 7) is 3.88. The summed E-state index contributed by atoms with van der Waals surface area (Å²) < 4.78 is 27.3. The molecule has 0 saturated heterocycles. The van der Waals surface area contributed by atoms with Gasteiger partial charge in [-0.05, 0) is 43.9 Å². The lowest BCUT2D eigenvalue weighted by Gasteiger charge is -2.14. The second-order valence-electron chi connectivity index (χ2n) is 4.98. The maximum Gasteiger partial charge on any atom is 0.242 e. The number of hydrogen-bond donors (Lipinski definition) is 2. The van der Waals surface area contributed by atoms with Crippen LogP contribution in [0.1, 0.15) is 36.8 Å². The van der Waals surface area contributed by atoms with E-state index in [1.165, 1.54) is 0 Å². The van der Waals surface area contributed by atoms with Gasteiger partial charge < -0.3 is 5.11 Å². The lowest BCUT2D eigenvalue weighted by molar-refractivity contribution is 0.282. The Kier molecular flexibility index (Phi) is 7.44. The van der Waals surface area contributed by atoms with Crippen LogP contribution in [0.25, 0.3) is 0 Å². The summed E-state index contributed by atoms with van der Waals surface area (Å²) in [7, 11) is -3.68. The summed E-state index contributed by atoms with van der Waals surface area (Å²) in [6, 6.07) is 1.66. The molecular weight excluding hydrogens is 333 g/mol. The summed E-state index contributed by atoms with van der Waals surface area (Å²) in [5, 5.41) is 9.28. The number of unbranched alkanes of at least 4 members (excludes halogenated alkanes) is 3. The Morgan fingerprint density at radius 3 is 2.38 bits per heavy atom. The highest BCUT2D eigenvalue weighted by atomic mass is 35.5. The van der Waals surface area contributed by atoms with Gasteiger partial charge in [-0.1, -0.05) is 36.0 Å². The fourth-order valence-electron chi connectivity index (χ4n) is 2.00. The van der Waals surface area contributed by atoms with Crippen molar-refractivity contribution in [3.05, 3.63) is 27.2 Å². The fraction of sp³-hybridized carbons (Fsp3) is 0.571. The highest BCUT2D eigenvalue weighted by Crippen LogP contribution is 2.33. The van der Waals surface area contributed by atoms with E-state index < -0.39 is 10.0 Å². The molecule has 7 heteroatoms. The summed E-state index contributed by atoms with van der Waals surface area (Å²) >= 11 is 12.2. The van der Waals surface area contributed by atoms with Crippen LogP contribution in [-0.2, 0) is 10.0 Å². The SMILES string of the molecule is Cc1cc(Cl)c(C)c(S(=O)(=O)NCCCCCCO)c1Cl. The topological polar surface area (TPSA) is 66.4 Å². The van der Waals surface area contributed by atoms with Gasteiger partial charge in [0, 0.05) is 18.2 Å². The molecule has 120 valence electrons. The molecule has 0 bridgehead atoms. The van der Waals surface area contributed by atoms with E-state index in [1.807, 2.05) is 0 Å². The minimum atomic E-state index is -3.68. The van der Waals surface area contributed by atoms with E-state index in [4.69, 9.17) is 28.3 Å². The van der Waals surface area contributed by atoms with Crippen molar-refractivity contribution in [3.63, 3.8) is 0 Å². The third-order valence-electron chi connectivity index (χ3n) is 3.23. The number of aliphatic hydroxyl groups excluding tert-OH is 1. The highest BCUT2D eigenvalue weighted by Gasteiger charge is 2.23. The lowest BCUT2D eigenvalue weighted by Crippen LogP contribution is -2.26. The van der Waals surface area contributed by atoms with Crippen molar-refractivity contribution >= 4 is 33.2 Å². The molecule has 0 aliphatic carbocycles. The van der Waals surface area contributed by atoms with Gasteiger partial charge >= 0.3 is 0 Å². The molecule has 1 aromatic rings. The van der Waals surface area contributed by atoms with Gasteiger partial charge in [0.1, 0.15) is 4.90 Å². The van der Waals surface area contributed by atoms with Gasteiger partial charge in [-0.2, -0.15) is 0 Å². The minimum absolute atomic E-state index is 0.0597. The van der Waals surface area contributed by atoms with Crippen LogP contribution in [0.5, 0.6) is 0 Å². The molecule has 0 aromatic heterocycles. The third-order valence-corrected chi connectivity index (χ3v) is 5.86. The van der Waals surface area contributed by atoms with Gasteiger partial charge in [0.2, 0.25) is 10.0 Å². The Labute approximate surface area is 136 Å². The summed E-state index contributed by atoms with van der Waals surface area (Å²) in [6.07, 6.45) is 3.21. The number of halogens is 2. The molecule has 0 heterocycles. The van der Waals surface area contributed by atoms with Crippen molar-refractivity contribution < 1.29 is 13.5 Å². The molecule has 0 unspecified atom stereocenters. The molecule has 4 nitrogen and oxygen atoms in total. The highest BCUT2D eigenvalue weighted by molar-refractivity contribution is 7.89. The molecule has 21 heavy (non-hydrogen) atoms. The summed E-state index contributed by atoms with van der Waals surface area (Å²) in [5.74, 6) is 0. The van der Waals surface area contributed by atoms with Crippen molar-refractivity contribution in [1.82, 2.24) is 4.72 Å². The van der Waals surface area contributed by atoms with Crippen molar-refractivity contribution in [1.29, 1.82) is 0 Å². The van der Waals surface area contributed by atoms with Crippen LogP contribution < -0.4 is 4.72 Å². The van der Waals surface area contributed by atoms with Gasteiger partial charge in [0.25, 0.3) is 0 Å². The van der Waals surface area contributed by atoms with Gasteiger partial charge in [-0.15, -0.1) is 0 Å². The first kappa shape index (κ1) is 18.7. The van der Waals surface area contributed by atoms with Crippen LogP contribution in [-0.4, -0.2) is 26.7 Å². The zero-order chi connectivity index (χ0) is 16.0. The van der Waals surface area contributed by atoms with E-state index in [2.05, 4.69) is 4.72 Å². The van der Waals surface area contributed by atoms with E-state index in [-0.39, 0.29) is 16.5 Å². The number of aryl methyl sites for hydroxylation is 1. The van der Waals surface area contributed by atoms with Crippen molar-refractivity contribution in [2.24, 2.45) is 0 Å². The summed E-state index contributed by atoms with van der Waals surface area (Å²) in [5.41, 5.74) is 1.09. The van der Waals surface area contributed by atoms with Gasteiger partial charge in [-0.3, -0.25) is 0 Å². The van der Waals surface area contributed by atoms with Crippen LogP contribution in [0.2, 0.25) is 10.0 Å². The van der Waals surface area contributed by atoms with E-state index in [0.29, 0.717) is 22.7 Å². The maximum atomic E-state index is 12.4. The second kappa shape index (κ2) is 8.34. The predicted octanol–water partition coefficient (Wildman–Crippen LogP) is 3.44. The van der Waals surface area contributed by atoms with Crippen LogP contribution in [0, 0.1) is 13.8 Å². The molecular formula is C14H21Cl2NO3S.